The average molecular weight is 184 g/mol. The molecule has 3 N–H and O–H groups in total. The number of nitrogens with one attached hydrogen (secondary N) is 1. The third kappa shape index (κ3) is 2.44. The Hall–Kier alpha value is -0.570. The molecule has 0 radical (unpaired) electrons. The van der Waals surface area contributed by atoms with Crippen LogP contribution in [0.2, 0.25) is 0 Å². The van der Waals surface area contributed by atoms with Crippen molar-refractivity contribution in [3.63, 3.8) is 0 Å². The third-order valence-corrected chi connectivity index (χ3v) is 2.90. The van der Waals surface area contributed by atoms with Gasteiger partial charge in [0.15, 0.2) is 0 Å². The van der Waals surface area contributed by atoms with Crippen molar-refractivity contribution < 1.29 is 4.79 Å². The first kappa shape index (κ1) is 10.5. The highest BCUT2D eigenvalue weighted by atomic mass is 16.2. The van der Waals surface area contributed by atoms with Crippen LogP contribution in [0.15, 0.2) is 0 Å². The molecule has 0 aromatic heterocycles. The van der Waals surface area contributed by atoms with Gasteiger partial charge in [-0.15, -0.1) is 0 Å². The van der Waals surface area contributed by atoms with Crippen LogP contribution in [0.1, 0.15) is 40.0 Å². The number of hydrogen-bond donors (Lipinski definition) is 2. The van der Waals surface area contributed by atoms with Gasteiger partial charge >= 0.3 is 0 Å². The highest BCUT2D eigenvalue weighted by Crippen LogP contribution is 2.38. The van der Waals surface area contributed by atoms with Gasteiger partial charge in [-0.1, -0.05) is 6.92 Å². The van der Waals surface area contributed by atoms with Gasteiger partial charge in [0.05, 0.1) is 5.54 Å². The summed E-state index contributed by atoms with van der Waals surface area (Å²) in [6.45, 7) is 5.89. The van der Waals surface area contributed by atoms with E-state index in [-0.39, 0.29) is 11.9 Å². The Balaban J connectivity index is 2.45. The van der Waals surface area contributed by atoms with Gasteiger partial charge in [0, 0.05) is 6.04 Å². The lowest BCUT2D eigenvalue weighted by Gasteiger charge is -2.25. The molecule has 3 nitrogen and oxygen atoms in total. The van der Waals surface area contributed by atoms with Crippen molar-refractivity contribution in [3.05, 3.63) is 0 Å². The second-order valence-corrected chi connectivity index (χ2v) is 4.34. The van der Waals surface area contributed by atoms with Crippen molar-refractivity contribution in [1.29, 1.82) is 0 Å². The summed E-state index contributed by atoms with van der Waals surface area (Å²) in [6.07, 6.45) is 3.15. The molecule has 0 aromatic carbocycles. The van der Waals surface area contributed by atoms with Gasteiger partial charge in [-0.05, 0) is 39.0 Å². The second-order valence-electron chi connectivity index (χ2n) is 4.34. The normalized spacial score (nSPS) is 23.4. The monoisotopic (exact) mass is 184 g/mol. The van der Waals surface area contributed by atoms with Gasteiger partial charge in [0.25, 0.3) is 0 Å². The Morgan fingerprint density at radius 3 is 2.62 bits per heavy atom. The van der Waals surface area contributed by atoms with Gasteiger partial charge < -0.3 is 11.1 Å². The summed E-state index contributed by atoms with van der Waals surface area (Å²) in [5, 5.41) is 2.93. The van der Waals surface area contributed by atoms with Crippen molar-refractivity contribution in [2.24, 2.45) is 11.7 Å². The molecule has 1 amide bonds. The minimum atomic E-state index is -0.649. The Bertz CT molecular complexity index is 197. The summed E-state index contributed by atoms with van der Waals surface area (Å²) >= 11 is 0. The van der Waals surface area contributed by atoms with Crippen molar-refractivity contribution in [3.8, 4) is 0 Å². The topological polar surface area (TPSA) is 55.1 Å². The van der Waals surface area contributed by atoms with E-state index in [2.05, 4.69) is 12.2 Å². The van der Waals surface area contributed by atoms with Gasteiger partial charge in [-0.3, -0.25) is 4.79 Å². The van der Waals surface area contributed by atoms with Crippen LogP contribution in [0.25, 0.3) is 0 Å². The summed E-state index contributed by atoms with van der Waals surface area (Å²) < 4.78 is 0. The molecule has 0 saturated heterocycles. The molecule has 13 heavy (non-hydrogen) atoms. The highest BCUT2D eigenvalue weighted by Gasteiger charge is 2.44. The summed E-state index contributed by atoms with van der Waals surface area (Å²) in [5.41, 5.74) is 5.31. The molecule has 0 spiro atoms. The molecule has 2 unspecified atom stereocenters. The number of rotatable bonds is 4. The van der Waals surface area contributed by atoms with Crippen LogP contribution in [-0.2, 0) is 4.79 Å². The van der Waals surface area contributed by atoms with Crippen LogP contribution in [0.5, 0.6) is 0 Å². The van der Waals surface area contributed by atoms with Crippen LogP contribution in [0, 0.1) is 5.92 Å². The van der Waals surface area contributed by atoms with Crippen molar-refractivity contribution in [2.75, 3.05) is 0 Å². The first-order valence-electron chi connectivity index (χ1n) is 5.08. The zero-order valence-corrected chi connectivity index (χ0v) is 8.76. The average Bonchev–Trinajstić information content (AvgIpc) is 2.86. The van der Waals surface area contributed by atoms with Crippen LogP contribution in [0.3, 0.4) is 0 Å². The Morgan fingerprint density at radius 1 is 1.69 bits per heavy atom. The van der Waals surface area contributed by atoms with E-state index in [0.29, 0.717) is 5.92 Å². The minimum absolute atomic E-state index is 0.00403. The molecule has 76 valence electrons. The predicted octanol–water partition coefficient (Wildman–Crippen LogP) is 1.03. The Labute approximate surface area is 80.1 Å². The smallest absolute Gasteiger partial charge is 0.240 e. The fourth-order valence-corrected chi connectivity index (χ4v) is 1.35. The fraction of sp³-hybridized carbons (Fsp3) is 0.900. The maximum atomic E-state index is 11.7. The summed E-state index contributed by atoms with van der Waals surface area (Å²) in [5.74, 6) is 0.404. The van der Waals surface area contributed by atoms with E-state index in [1.54, 1.807) is 0 Å². The SMILES string of the molecule is CCC(C)NC(=O)C(C)(N)C1CC1. The zero-order chi connectivity index (χ0) is 10.1. The number of amides is 1. The standard InChI is InChI=1S/C10H20N2O/c1-4-7(2)12-9(13)10(3,11)8-5-6-8/h7-8H,4-6,11H2,1-3H3,(H,12,13). The molecular weight excluding hydrogens is 164 g/mol. The number of hydrogen-bond acceptors (Lipinski definition) is 2. The second kappa shape index (κ2) is 3.66. The molecule has 2 atom stereocenters. The quantitative estimate of drug-likeness (QED) is 0.685. The molecule has 1 rings (SSSR count). The van der Waals surface area contributed by atoms with E-state index < -0.39 is 5.54 Å². The van der Waals surface area contributed by atoms with Gasteiger partial charge in [0.2, 0.25) is 5.91 Å². The van der Waals surface area contributed by atoms with Crippen LogP contribution < -0.4 is 11.1 Å². The lowest BCUT2D eigenvalue weighted by Crippen LogP contribution is -2.55. The van der Waals surface area contributed by atoms with Crippen LogP contribution in [-0.4, -0.2) is 17.5 Å². The molecule has 0 aromatic rings. The van der Waals surface area contributed by atoms with E-state index in [1.165, 1.54) is 0 Å². The number of carbonyl (C=O) groups is 1. The lowest BCUT2D eigenvalue weighted by molar-refractivity contribution is -0.127. The molecule has 0 heterocycles. The molecule has 1 saturated carbocycles. The molecule has 1 fully saturated rings. The van der Waals surface area contributed by atoms with Crippen LogP contribution >= 0.6 is 0 Å². The number of carbonyl (C=O) groups excluding carboxylic acids is 1. The maximum Gasteiger partial charge on any atom is 0.240 e. The first-order chi connectivity index (χ1) is 5.98. The Kier molecular flexibility index (Phi) is 2.96. The first-order valence-corrected chi connectivity index (χ1v) is 5.08. The summed E-state index contributed by atoms with van der Waals surface area (Å²) in [4.78, 5) is 11.7. The largest absolute Gasteiger partial charge is 0.352 e. The maximum absolute atomic E-state index is 11.7. The number of nitrogens with two attached hydrogens (primary N) is 1. The fourth-order valence-electron chi connectivity index (χ4n) is 1.35. The van der Waals surface area contributed by atoms with Crippen molar-refractivity contribution in [1.82, 2.24) is 5.32 Å². The van der Waals surface area contributed by atoms with Crippen molar-refractivity contribution in [2.45, 2.75) is 51.6 Å². The molecule has 0 aliphatic heterocycles. The molecule has 0 bridgehead atoms. The van der Waals surface area contributed by atoms with E-state index in [9.17, 15) is 4.79 Å². The molecule has 3 heteroatoms. The predicted molar refractivity (Wildman–Crippen MR) is 53.2 cm³/mol. The van der Waals surface area contributed by atoms with Crippen LogP contribution in [0.4, 0.5) is 0 Å². The van der Waals surface area contributed by atoms with Gasteiger partial charge in [-0.25, -0.2) is 0 Å². The lowest BCUT2D eigenvalue weighted by atomic mass is 9.96. The third-order valence-electron chi connectivity index (χ3n) is 2.90. The minimum Gasteiger partial charge on any atom is -0.352 e. The Morgan fingerprint density at radius 2 is 2.23 bits per heavy atom. The molecular formula is C10H20N2O. The van der Waals surface area contributed by atoms with Gasteiger partial charge in [0.1, 0.15) is 0 Å². The summed E-state index contributed by atoms with van der Waals surface area (Å²) in [6, 6.07) is 0.231. The van der Waals surface area contributed by atoms with E-state index >= 15 is 0 Å². The van der Waals surface area contributed by atoms with E-state index in [4.69, 9.17) is 5.73 Å². The highest BCUT2D eigenvalue weighted by molar-refractivity contribution is 5.86. The zero-order valence-electron chi connectivity index (χ0n) is 8.76. The molecule has 1 aliphatic carbocycles. The van der Waals surface area contributed by atoms with E-state index in [0.717, 1.165) is 19.3 Å². The van der Waals surface area contributed by atoms with Crippen molar-refractivity contribution >= 4 is 5.91 Å². The summed E-state index contributed by atoms with van der Waals surface area (Å²) in [7, 11) is 0. The van der Waals surface area contributed by atoms with E-state index in [1.807, 2.05) is 13.8 Å². The van der Waals surface area contributed by atoms with Gasteiger partial charge in [-0.2, -0.15) is 0 Å². The molecule has 1 aliphatic rings.